The number of alkyl halides is 3. The molecule has 0 heterocycles. The van der Waals surface area contributed by atoms with Crippen molar-refractivity contribution >= 4 is 11.5 Å². The monoisotopic (exact) mass is 279 g/mol. The maximum atomic E-state index is 12.6. The average molecular weight is 279 g/mol. The molecular weight excluding hydrogens is 267 g/mol. The summed E-state index contributed by atoms with van der Waals surface area (Å²) in [4.78, 5) is 12.0. The molecule has 0 aromatic heterocycles. The number of ketones is 1. The summed E-state index contributed by atoms with van der Waals surface area (Å²) in [6.07, 6.45) is -4.52. The summed E-state index contributed by atoms with van der Waals surface area (Å²) in [5, 5.41) is 0. The van der Waals surface area contributed by atoms with E-state index in [1.807, 2.05) is 0 Å². The van der Waals surface area contributed by atoms with Gasteiger partial charge in [-0.2, -0.15) is 13.2 Å². The van der Waals surface area contributed by atoms with Crippen LogP contribution in [0.2, 0.25) is 0 Å². The number of carbonyl (C=O) groups is 1. The van der Waals surface area contributed by atoms with E-state index < -0.39 is 11.7 Å². The van der Waals surface area contributed by atoms with E-state index in [1.165, 1.54) is 12.1 Å². The third kappa shape index (κ3) is 3.17. The van der Waals surface area contributed by atoms with Crippen molar-refractivity contribution in [1.29, 1.82) is 0 Å². The number of hydrogen-bond donors (Lipinski definition) is 1. The molecule has 0 radical (unpaired) electrons. The highest BCUT2D eigenvalue weighted by atomic mass is 19.4. The van der Waals surface area contributed by atoms with E-state index in [-0.39, 0.29) is 12.2 Å². The van der Waals surface area contributed by atoms with Crippen LogP contribution in [0.3, 0.4) is 0 Å². The van der Waals surface area contributed by atoms with Crippen molar-refractivity contribution in [2.45, 2.75) is 12.6 Å². The van der Waals surface area contributed by atoms with Crippen molar-refractivity contribution < 1.29 is 18.0 Å². The van der Waals surface area contributed by atoms with E-state index in [2.05, 4.69) is 0 Å². The lowest BCUT2D eigenvalue weighted by atomic mass is 10.0. The van der Waals surface area contributed by atoms with Crippen LogP contribution in [0.25, 0.3) is 0 Å². The van der Waals surface area contributed by atoms with Crippen molar-refractivity contribution in [2.24, 2.45) is 0 Å². The van der Waals surface area contributed by atoms with Crippen LogP contribution in [0.4, 0.5) is 18.9 Å². The second-order valence-electron chi connectivity index (χ2n) is 4.39. The predicted octanol–water partition coefficient (Wildman–Crippen LogP) is 3.71. The number of Topliss-reactive ketones (excluding diaryl/α,β-unsaturated/α-hetero) is 1. The number of anilines is 1. The summed E-state index contributed by atoms with van der Waals surface area (Å²) in [5.41, 5.74) is 5.87. The van der Waals surface area contributed by atoms with E-state index in [0.29, 0.717) is 16.8 Å². The number of hydrogen-bond acceptors (Lipinski definition) is 2. The Morgan fingerprint density at radius 2 is 1.75 bits per heavy atom. The summed E-state index contributed by atoms with van der Waals surface area (Å²) in [6.45, 7) is 0. The van der Waals surface area contributed by atoms with E-state index in [0.717, 1.165) is 12.1 Å². The Bertz CT molecular complexity index is 635. The van der Waals surface area contributed by atoms with Crippen LogP contribution in [0.1, 0.15) is 21.5 Å². The molecule has 0 unspecified atom stereocenters. The lowest BCUT2D eigenvalue weighted by Gasteiger charge is -2.09. The molecule has 0 amide bonds. The fourth-order valence-electron chi connectivity index (χ4n) is 1.89. The smallest absolute Gasteiger partial charge is 0.398 e. The van der Waals surface area contributed by atoms with Crippen molar-refractivity contribution in [1.82, 2.24) is 0 Å². The normalized spacial score (nSPS) is 11.3. The third-order valence-electron chi connectivity index (χ3n) is 2.88. The topological polar surface area (TPSA) is 43.1 Å². The maximum Gasteiger partial charge on any atom is 0.416 e. The zero-order chi connectivity index (χ0) is 14.8. The molecule has 0 saturated heterocycles. The highest BCUT2D eigenvalue weighted by Gasteiger charge is 2.30. The van der Waals surface area contributed by atoms with Gasteiger partial charge in [0.25, 0.3) is 0 Å². The fraction of sp³-hybridized carbons (Fsp3) is 0.133. The van der Waals surface area contributed by atoms with Gasteiger partial charge in [0.2, 0.25) is 0 Å². The fourth-order valence-corrected chi connectivity index (χ4v) is 1.89. The largest absolute Gasteiger partial charge is 0.416 e. The zero-order valence-electron chi connectivity index (χ0n) is 10.4. The number of benzene rings is 2. The molecule has 0 aliphatic rings. The summed E-state index contributed by atoms with van der Waals surface area (Å²) in [5.74, 6) is -0.303. The quantitative estimate of drug-likeness (QED) is 0.687. The van der Waals surface area contributed by atoms with Gasteiger partial charge in [-0.3, -0.25) is 4.79 Å². The first-order valence-corrected chi connectivity index (χ1v) is 5.92. The standard InChI is InChI=1S/C15H12F3NO/c16-15(17,18)11-5-3-4-10(8-11)9-14(20)12-6-1-2-7-13(12)19/h1-8H,9,19H2. The minimum absolute atomic E-state index is 0.113. The zero-order valence-corrected chi connectivity index (χ0v) is 10.4. The molecule has 2 aromatic carbocycles. The molecule has 0 fully saturated rings. The van der Waals surface area contributed by atoms with E-state index in [4.69, 9.17) is 5.73 Å². The summed E-state index contributed by atoms with van der Waals surface area (Å²) < 4.78 is 37.8. The van der Waals surface area contributed by atoms with Crippen molar-refractivity contribution in [3.63, 3.8) is 0 Å². The first-order chi connectivity index (χ1) is 9.38. The molecule has 0 atom stereocenters. The van der Waals surface area contributed by atoms with Gasteiger partial charge in [0, 0.05) is 17.7 Å². The minimum atomic E-state index is -4.41. The van der Waals surface area contributed by atoms with Crippen molar-refractivity contribution in [2.75, 3.05) is 5.73 Å². The average Bonchev–Trinajstić information content (AvgIpc) is 2.38. The van der Waals surface area contributed by atoms with Crippen molar-refractivity contribution in [3.8, 4) is 0 Å². The van der Waals surface area contributed by atoms with Gasteiger partial charge in [-0.15, -0.1) is 0 Å². The number of carbonyl (C=O) groups excluding carboxylic acids is 1. The Hall–Kier alpha value is -2.30. The van der Waals surface area contributed by atoms with E-state index in [9.17, 15) is 18.0 Å². The highest BCUT2D eigenvalue weighted by molar-refractivity contribution is 6.01. The van der Waals surface area contributed by atoms with Crippen LogP contribution in [0.15, 0.2) is 48.5 Å². The number of rotatable bonds is 3. The van der Waals surface area contributed by atoms with Gasteiger partial charge in [0.05, 0.1) is 5.56 Å². The molecular formula is C15H12F3NO. The minimum Gasteiger partial charge on any atom is -0.398 e. The predicted molar refractivity (Wildman–Crippen MR) is 70.3 cm³/mol. The Morgan fingerprint density at radius 3 is 2.40 bits per heavy atom. The third-order valence-corrected chi connectivity index (χ3v) is 2.88. The van der Waals surface area contributed by atoms with Crippen LogP contribution in [-0.4, -0.2) is 5.78 Å². The Balaban J connectivity index is 2.23. The number of halogens is 3. The second-order valence-corrected chi connectivity index (χ2v) is 4.39. The highest BCUT2D eigenvalue weighted by Crippen LogP contribution is 2.29. The molecule has 2 aromatic rings. The van der Waals surface area contributed by atoms with Gasteiger partial charge in [-0.25, -0.2) is 0 Å². The molecule has 2 nitrogen and oxygen atoms in total. The lowest BCUT2D eigenvalue weighted by Crippen LogP contribution is -2.09. The molecule has 2 rings (SSSR count). The first-order valence-electron chi connectivity index (χ1n) is 5.92. The molecule has 0 aliphatic carbocycles. The van der Waals surface area contributed by atoms with Gasteiger partial charge in [0.1, 0.15) is 0 Å². The van der Waals surface area contributed by atoms with Crippen LogP contribution in [0, 0.1) is 0 Å². The Labute approximate surface area is 114 Å². The number of nitrogens with two attached hydrogens (primary N) is 1. The van der Waals surface area contributed by atoms with Gasteiger partial charge in [0.15, 0.2) is 5.78 Å². The van der Waals surface area contributed by atoms with Gasteiger partial charge >= 0.3 is 6.18 Å². The molecule has 0 aliphatic heterocycles. The second kappa shape index (κ2) is 5.36. The Morgan fingerprint density at radius 1 is 1.05 bits per heavy atom. The maximum absolute atomic E-state index is 12.6. The molecule has 0 bridgehead atoms. The SMILES string of the molecule is Nc1ccccc1C(=O)Cc1cccc(C(F)(F)F)c1. The summed E-state index contributed by atoms with van der Waals surface area (Å²) in [7, 11) is 0. The van der Waals surface area contributed by atoms with Gasteiger partial charge in [-0.1, -0.05) is 30.3 Å². The molecule has 0 spiro atoms. The van der Waals surface area contributed by atoms with Crippen molar-refractivity contribution in [3.05, 3.63) is 65.2 Å². The van der Waals surface area contributed by atoms with E-state index in [1.54, 1.807) is 24.3 Å². The van der Waals surface area contributed by atoms with Gasteiger partial charge < -0.3 is 5.73 Å². The van der Waals surface area contributed by atoms with Crippen LogP contribution < -0.4 is 5.73 Å². The summed E-state index contributed by atoms with van der Waals surface area (Å²) >= 11 is 0. The Kier molecular flexibility index (Phi) is 3.79. The number of nitrogen functional groups attached to an aromatic ring is 1. The first kappa shape index (κ1) is 14.1. The van der Waals surface area contributed by atoms with Crippen LogP contribution in [-0.2, 0) is 12.6 Å². The van der Waals surface area contributed by atoms with Crippen LogP contribution in [0.5, 0.6) is 0 Å². The lowest BCUT2D eigenvalue weighted by molar-refractivity contribution is -0.137. The van der Waals surface area contributed by atoms with Gasteiger partial charge in [-0.05, 0) is 23.8 Å². The number of para-hydroxylation sites is 1. The molecule has 20 heavy (non-hydrogen) atoms. The molecule has 104 valence electrons. The summed E-state index contributed by atoms with van der Waals surface area (Å²) in [6, 6.07) is 11.2. The van der Waals surface area contributed by atoms with E-state index >= 15 is 0 Å². The van der Waals surface area contributed by atoms with Crippen LogP contribution >= 0.6 is 0 Å². The molecule has 0 saturated carbocycles. The molecule has 2 N–H and O–H groups in total. The molecule has 5 heteroatoms.